The Morgan fingerprint density at radius 2 is 1.77 bits per heavy atom. The molecule has 3 heterocycles. The van der Waals surface area contributed by atoms with E-state index in [4.69, 9.17) is 4.74 Å². The molecule has 1 saturated heterocycles. The summed E-state index contributed by atoms with van der Waals surface area (Å²) in [6.45, 7) is 3.38. The predicted molar refractivity (Wildman–Crippen MR) is 135 cm³/mol. The van der Waals surface area contributed by atoms with Crippen LogP contribution in [0, 0.1) is 0 Å². The van der Waals surface area contributed by atoms with Crippen molar-refractivity contribution in [3.8, 4) is 5.75 Å². The molecule has 0 aliphatic carbocycles. The van der Waals surface area contributed by atoms with Crippen molar-refractivity contribution in [3.63, 3.8) is 0 Å². The van der Waals surface area contributed by atoms with Crippen LogP contribution in [-0.4, -0.2) is 64.6 Å². The van der Waals surface area contributed by atoms with Crippen LogP contribution in [-0.2, 0) is 17.5 Å². The Hall–Kier alpha value is -4.35. The number of carbonyl (C=O) groups is 2. The number of alkyl halides is 3. The predicted octanol–water partition coefficient (Wildman–Crippen LogP) is 3.23. The van der Waals surface area contributed by atoms with Gasteiger partial charge in [0.05, 0.1) is 17.9 Å². The highest BCUT2D eigenvalue weighted by molar-refractivity contribution is 5.94. The van der Waals surface area contributed by atoms with Crippen molar-refractivity contribution >= 4 is 17.5 Å². The summed E-state index contributed by atoms with van der Waals surface area (Å²) in [6.07, 6.45) is -3.87. The third-order valence-electron chi connectivity index (χ3n) is 7.06. The molecule has 1 fully saturated rings. The van der Waals surface area contributed by atoms with Crippen molar-refractivity contribution in [1.29, 1.82) is 0 Å². The first kappa shape index (κ1) is 26.3. The molecule has 1 unspecified atom stereocenters. The molecule has 1 N–H and O–H groups in total. The normalized spacial score (nSPS) is 17.2. The fourth-order valence-electron chi connectivity index (χ4n) is 5.08. The summed E-state index contributed by atoms with van der Waals surface area (Å²) in [4.78, 5) is 41.6. The Kier molecular flexibility index (Phi) is 7.02. The number of piperazine rings is 1. The second kappa shape index (κ2) is 10.4. The highest BCUT2D eigenvalue weighted by Gasteiger charge is 2.42. The fourth-order valence-corrected chi connectivity index (χ4v) is 5.08. The number of nitrogens with one attached hydrogen (secondary N) is 1. The lowest BCUT2D eigenvalue weighted by atomic mass is 10.1. The van der Waals surface area contributed by atoms with Crippen molar-refractivity contribution < 1.29 is 27.5 Å². The molecule has 204 valence electrons. The first-order valence-corrected chi connectivity index (χ1v) is 12.4. The Labute approximate surface area is 221 Å². The van der Waals surface area contributed by atoms with E-state index >= 15 is 0 Å². The molecule has 3 aromatic rings. The summed E-state index contributed by atoms with van der Waals surface area (Å²) < 4.78 is 47.6. The smallest absolute Gasteiger partial charge is 0.423 e. The summed E-state index contributed by atoms with van der Waals surface area (Å²) in [5.74, 6) is 0.159. The van der Waals surface area contributed by atoms with E-state index in [-0.39, 0.29) is 30.7 Å². The third-order valence-corrected chi connectivity index (χ3v) is 7.06. The van der Waals surface area contributed by atoms with Crippen molar-refractivity contribution in [1.82, 2.24) is 20.0 Å². The Morgan fingerprint density at radius 1 is 1.05 bits per heavy atom. The van der Waals surface area contributed by atoms with E-state index in [2.05, 4.69) is 5.10 Å². The molecule has 2 aliphatic heterocycles. The number of halogens is 3. The van der Waals surface area contributed by atoms with E-state index in [0.29, 0.717) is 37.5 Å². The summed E-state index contributed by atoms with van der Waals surface area (Å²) >= 11 is 0. The standard InChI is InChI=1S/C27H26F3N5O4/c1-17(36)33-9-11-34(12-10-33)26(38)18-6-4-7-20(13-18)39-16-23-21-8-3-2-5-19(21)15-35(23)22-14-31-32-25(37)24(22)27(28,29)30/h2-8,13-14,23H,9-12,15-16H2,1H3,(H,32,37). The molecule has 0 radical (unpaired) electrons. The number of fused-ring (bicyclic) bond motifs is 1. The van der Waals surface area contributed by atoms with E-state index in [0.717, 1.165) is 17.3 Å². The van der Waals surface area contributed by atoms with Crippen molar-refractivity contribution in [2.24, 2.45) is 0 Å². The maximum absolute atomic E-state index is 13.8. The van der Waals surface area contributed by atoms with Crippen LogP contribution in [0.1, 0.15) is 40.0 Å². The van der Waals surface area contributed by atoms with Crippen LogP contribution >= 0.6 is 0 Å². The molecular weight excluding hydrogens is 515 g/mol. The minimum Gasteiger partial charge on any atom is -0.491 e. The molecular formula is C27H26F3N5O4. The molecule has 2 amide bonds. The van der Waals surface area contributed by atoms with Gasteiger partial charge in [0.1, 0.15) is 17.9 Å². The monoisotopic (exact) mass is 541 g/mol. The van der Waals surface area contributed by atoms with Gasteiger partial charge in [0, 0.05) is 45.2 Å². The van der Waals surface area contributed by atoms with Gasteiger partial charge < -0.3 is 19.4 Å². The average molecular weight is 542 g/mol. The van der Waals surface area contributed by atoms with Gasteiger partial charge in [-0.3, -0.25) is 14.4 Å². The fraction of sp³-hybridized carbons (Fsp3) is 0.333. The van der Waals surface area contributed by atoms with E-state index < -0.39 is 23.3 Å². The van der Waals surface area contributed by atoms with Crippen molar-refractivity contribution in [3.05, 3.63) is 87.3 Å². The number of hydrogen-bond donors (Lipinski definition) is 1. The number of benzene rings is 2. The minimum absolute atomic E-state index is 0.0294. The molecule has 2 aliphatic rings. The van der Waals surface area contributed by atoms with Gasteiger partial charge in [-0.2, -0.15) is 18.3 Å². The van der Waals surface area contributed by atoms with Crippen LogP contribution in [0.5, 0.6) is 5.75 Å². The molecule has 1 aromatic heterocycles. The zero-order valence-corrected chi connectivity index (χ0v) is 21.1. The Bertz CT molecular complexity index is 1450. The summed E-state index contributed by atoms with van der Waals surface area (Å²) in [7, 11) is 0. The van der Waals surface area contributed by atoms with Crippen LogP contribution in [0.25, 0.3) is 0 Å². The van der Waals surface area contributed by atoms with Crippen molar-refractivity contribution in [2.45, 2.75) is 25.7 Å². The number of ether oxygens (including phenoxy) is 1. The highest BCUT2D eigenvalue weighted by Crippen LogP contribution is 2.42. The summed E-state index contributed by atoms with van der Waals surface area (Å²) in [5.41, 5.74) is -0.955. The summed E-state index contributed by atoms with van der Waals surface area (Å²) in [6, 6.07) is 13.2. The van der Waals surface area contributed by atoms with Crippen LogP contribution in [0.15, 0.2) is 59.5 Å². The van der Waals surface area contributed by atoms with Gasteiger partial charge in [0.2, 0.25) is 5.91 Å². The van der Waals surface area contributed by atoms with Crippen molar-refractivity contribution in [2.75, 3.05) is 37.7 Å². The number of anilines is 1. The number of rotatable bonds is 5. The highest BCUT2D eigenvalue weighted by atomic mass is 19.4. The molecule has 2 aromatic carbocycles. The molecule has 0 saturated carbocycles. The first-order chi connectivity index (χ1) is 18.6. The third kappa shape index (κ3) is 5.31. The van der Waals surface area contributed by atoms with Crippen LogP contribution in [0.4, 0.5) is 18.9 Å². The lowest BCUT2D eigenvalue weighted by Crippen LogP contribution is -2.50. The lowest BCUT2D eigenvalue weighted by Gasteiger charge is -2.34. The number of amides is 2. The number of nitrogens with zero attached hydrogens (tertiary/aromatic N) is 4. The van der Waals surface area contributed by atoms with Crippen LogP contribution in [0.3, 0.4) is 0 Å². The maximum atomic E-state index is 13.8. The second-order valence-corrected chi connectivity index (χ2v) is 9.44. The number of H-pyrrole nitrogens is 1. The number of hydrogen-bond acceptors (Lipinski definition) is 6. The van der Waals surface area contributed by atoms with Gasteiger partial charge in [-0.15, -0.1) is 0 Å². The van der Waals surface area contributed by atoms with Gasteiger partial charge >= 0.3 is 6.18 Å². The Balaban J connectivity index is 1.37. The molecule has 0 bridgehead atoms. The van der Waals surface area contributed by atoms with E-state index in [1.165, 1.54) is 11.8 Å². The average Bonchev–Trinajstić information content (AvgIpc) is 3.29. The van der Waals surface area contributed by atoms with Gasteiger partial charge in [0.15, 0.2) is 0 Å². The molecule has 12 heteroatoms. The minimum atomic E-state index is -4.88. The van der Waals surface area contributed by atoms with Gasteiger partial charge in [0.25, 0.3) is 11.5 Å². The zero-order chi connectivity index (χ0) is 27.7. The lowest BCUT2D eigenvalue weighted by molar-refractivity contribution is -0.138. The summed E-state index contributed by atoms with van der Waals surface area (Å²) in [5, 5.41) is 5.50. The first-order valence-electron chi connectivity index (χ1n) is 12.4. The van der Waals surface area contributed by atoms with Gasteiger partial charge in [-0.05, 0) is 29.3 Å². The van der Waals surface area contributed by atoms with E-state index in [9.17, 15) is 27.6 Å². The molecule has 39 heavy (non-hydrogen) atoms. The molecule has 0 spiro atoms. The number of aromatic amines is 1. The molecule has 9 nitrogen and oxygen atoms in total. The largest absolute Gasteiger partial charge is 0.491 e. The number of aromatic nitrogens is 2. The molecule has 5 rings (SSSR count). The SMILES string of the molecule is CC(=O)N1CCN(C(=O)c2cccc(OCC3c4ccccc4CN3c3cn[nH]c(=O)c3C(F)(F)F)c2)CC1. The second-order valence-electron chi connectivity index (χ2n) is 9.44. The number of carbonyl (C=O) groups excluding carboxylic acids is 2. The van der Waals surface area contributed by atoms with E-state index in [1.807, 2.05) is 17.2 Å². The van der Waals surface area contributed by atoms with E-state index in [1.54, 1.807) is 46.2 Å². The maximum Gasteiger partial charge on any atom is 0.423 e. The Morgan fingerprint density at radius 3 is 2.49 bits per heavy atom. The zero-order valence-electron chi connectivity index (χ0n) is 21.1. The topological polar surface area (TPSA) is 98.8 Å². The molecule has 1 atom stereocenters. The van der Waals surface area contributed by atoms with Crippen LogP contribution in [0.2, 0.25) is 0 Å². The van der Waals surface area contributed by atoms with Gasteiger partial charge in [-0.1, -0.05) is 30.3 Å². The van der Waals surface area contributed by atoms with Gasteiger partial charge in [-0.25, -0.2) is 5.10 Å². The van der Waals surface area contributed by atoms with Crippen LogP contribution < -0.4 is 15.2 Å². The quantitative estimate of drug-likeness (QED) is 0.533.